The monoisotopic (exact) mass is 610 g/mol. The number of hydrogen-bond donors (Lipinski definition) is 0. The van der Waals surface area contributed by atoms with E-state index in [1.165, 1.54) is 18.4 Å². The van der Waals surface area contributed by atoms with E-state index in [2.05, 4.69) is 24.3 Å². The molecule has 0 amide bonds. The van der Waals surface area contributed by atoms with Crippen LogP contribution in [0.5, 0.6) is 0 Å². The number of esters is 1. The standard InChI is InChI=1S/C34H27ClN2O3S2/c1-3-27-30(33(39)40-2)31(21-11-5-4-6-12-21)37-32(38)29(42-34(37)36-27)19-22-17-18-28(25-15-9-8-14-24(22)25)41-20-23-13-7-10-16-26(23)35/h4-19,31H,3,20H2,1-2H3/b29-19-/t31-/m1/s1. The number of fused-ring (bicyclic) bond motifs is 2. The Balaban J connectivity index is 1.47. The van der Waals surface area contributed by atoms with E-state index >= 15 is 0 Å². The summed E-state index contributed by atoms with van der Waals surface area (Å²) in [6.45, 7) is 1.95. The number of ether oxygens (including phenoxy) is 1. The fraction of sp³-hybridized carbons (Fsp3) is 0.147. The first-order valence-corrected chi connectivity index (χ1v) is 15.7. The van der Waals surface area contributed by atoms with Crippen LogP contribution in [-0.2, 0) is 15.3 Å². The van der Waals surface area contributed by atoms with Crippen LogP contribution in [0.3, 0.4) is 0 Å². The summed E-state index contributed by atoms with van der Waals surface area (Å²) < 4.78 is 7.34. The number of hydrogen-bond acceptors (Lipinski definition) is 6. The zero-order chi connectivity index (χ0) is 29.2. The summed E-state index contributed by atoms with van der Waals surface area (Å²) in [4.78, 5) is 33.5. The number of allylic oxidation sites excluding steroid dienone is 1. The summed E-state index contributed by atoms with van der Waals surface area (Å²) in [6.07, 6.45) is 2.47. The molecule has 42 heavy (non-hydrogen) atoms. The SMILES string of the molecule is CCC1=C(C(=O)OC)[C@@H](c2ccccc2)n2c(s/c(=C\c3ccc(SCc4ccccc4Cl)c4ccccc34)c2=O)=N1. The van der Waals surface area contributed by atoms with Crippen molar-refractivity contribution in [2.45, 2.75) is 30.0 Å². The molecule has 5 aromatic rings. The summed E-state index contributed by atoms with van der Waals surface area (Å²) in [7, 11) is 1.36. The molecule has 1 aromatic heterocycles. The Morgan fingerprint density at radius 1 is 1.00 bits per heavy atom. The van der Waals surface area contributed by atoms with Crippen LogP contribution >= 0.6 is 34.7 Å². The molecule has 0 bridgehead atoms. The van der Waals surface area contributed by atoms with Gasteiger partial charge in [0.2, 0.25) is 0 Å². The predicted molar refractivity (Wildman–Crippen MR) is 172 cm³/mol. The lowest BCUT2D eigenvalue weighted by Gasteiger charge is -2.25. The fourth-order valence-electron chi connectivity index (χ4n) is 5.27. The number of aromatic nitrogens is 1. The number of carbonyl (C=O) groups is 1. The first-order chi connectivity index (χ1) is 20.5. The largest absolute Gasteiger partial charge is 0.466 e. The Bertz CT molecular complexity index is 2030. The van der Waals surface area contributed by atoms with Crippen molar-refractivity contribution in [3.05, 3.63) is 144 Å². The highest BCUT2D eigenvalue weighted by Crippen LogP contribution is 2.34. The van der Waals surface area contributed by atoms with Gasteiger partial charge in [-0.15, -0.1) is 11.8 Å². The minimum atomic E-state index is -0.618. The molecule has 8 heteroatoms. The summed E-state index contributed by atoms with van der Waals surface area (Å²) >= 11 is 9.48. The maximum atomic E-state index is 14.0. The van der Waals surface area contributed by atoms with Gasteiger partial charge >= 0.3 is 5.97 Å². The lowest BCUT2D eigenvalue weighted by molar-refractivity contribution is -0.136. The Labute approximate surface area is 256 Å². The van der Waals surface area contributed by atoms with Crippen LogP contribution in [0.15, 0.2) is 117 Å². The molecule has 0 aliphatic carbocycles. The molecule has 2 heterocycles. The van der Waals surface area contributed by atoms with Crippen LogP contribution in [0.2, 0.25) is 5.02 Å². The normalized spacial score (nSPS) is 15.0. The van der Waals surface area contributed by atoms with Gasteiger partial charge in [-0.05, 0) is 52.1 Å². The Morgan fingerprint density at radius 3 is 2.45 bits per heavy atom. The summed E-state index contributed by atoms with van der Waals surface area (Å²) in [5.74, 6) is 0.276. The van der Waals surface area contributed by atoms with Gasteiger partial charge in [-0.2, -0.15) is 0 Å². The maximum absolute atomic E-state index is 14.0. The lowest BCUT2D eigenvalue weighted by Crippen LogP contribution is -2.40. The van der Waals surface area contributed by atoms with E-state index in [1.807, 2.05) is 79.7 Å². The third-order valence-corrected chi connectivity index (χ3v) is 9.78. The summed E-state index contributed by atoms with van der Waals surface area (Å²) in [5, 5.41) is 2.92. The van der Waals surface area contributed by atoms with Gasteiger partial charge in [-0.1, -0.05) is 109 Å². The van der Waals surface area contributed by atoms with Crippen molar-refractivity contribution in [2.24, 2.45) is 4.99 Å². The second-order valence-electron chi connectivity index (χ2n) is 9.78. The molecule has 1 aliphatic heterocycles. The van der Waals surface area contributed by atoms with Gasteiger partial charge in [0.05, 0.1) is 29.0 Å². The number of carbonyl (C=O) groups excluding carboxylic acids is 1. The number of thiazole rings is 1. The zero-order valence-corrected chi connectivity index (χ0v) is 25.4. The molecule has 210 valence electrons. The van der Waals surface area contributed by atoms with Gasteiger partial charge in [0.15, 0.2) is 4.80 Å². The molecule has 5 nitrogen and oxygen atoms in total. The molecule has 0 unspecified atom stereocenters. The molecule has 0 saturated carbocycles. The van der Waals surface area contributed by atoms with Crippen molar-refractivity contribution in [1.29, 1.82) is 0 Å². The van der Waals surface area contributed by atoms with E-state index in [0.717, 1.165) is 43.1 Å². The second-order valence-corrected chi connectivity index (χ2v) is 12.2. The number of thioether (sulfide) groups is 1. The van der Waals surface area contributed by atoms with Crippen LogP contribution in [0.25, 0.3) is 16.8 Å². The Morgan fingerprint density at radius 2 is 1.71 bits per heavy atom. The smallest absolute Gasteiger partial charge is 0.338 e. The van der Waals surface area contributed by atoms with Gasteiger partial charge in [-0.25, -0.2) is 9.79 Å². The second kappa shape index (κ2) is 12.1. The summed E-state index contributed by atoms with van der Waals surface area (Å²) in [6, 6.07) is 29.2. The lowest BCUT2D eigenvalue weighted by atomic mass is 9.95. The topological polar surface area (TPSA) is 60.7 Å². The van der Waals surface area contributed by atoms with E-state index in [4.69, 9.17) is 21.3 Å². The Hall–Kier alpha value is -3.91. The molecule has 0 saturated heterocycles. The van der Waals surface area contributed by atoms with Crippen molar-refractivity contribution in [3.63, 3.8) is 0 Å². The zero-order valence-electron chi connectivity index (χ0n) is 23.0. The molecule has 0 fully saturated rings. The van der Waals surface area contributed by atoms with Crippen LogP contribution in [0, 0.1) is 0 Å². The molecule has 0 N–H and O–H groups in total. The minimum absolute atomic E-state index is 0.189. The molecular weight excluding hydrogens is 584 g/mol. The minimum Gasteiger partial charge on any atom is -0.466 e. The molecular formula is C34H27ClN2O3S2. The van der Waals surface area contributed by atoms with E-state index in [1.54, 1.807) is 16.3 Å². The van der Waals surface area contributed by atoms with Crippen LogP contribution in [0.4, 0.5) is 0 Å². The highest BCUT2D eigenvalue weighted by Gasteiger charge is 2.33. The van der Waals surface area contributed by atoms with Gasteiger partial charge < -0.3 is 4.74 Å². The number of rotatable bonds is 7. The van der Waals surface area contributed by atoms with Crippen LogP contribution in [0.1, 0.15) is 36.1 Å². The first kappa shape index (κ1) is 28.2. The highest BCUT2D eigenvalue weighted by molar-refractivity contribution is 7.98. The highest BCUT2D eigenvalue weighted by atomic mass is 35.5. The molecule has 1 atom stereocenters. The van der Waals surface area contributed by atoms with E-state index in [9.17, 15) is 9.59 Å². The maximum Gasteiger partial charge on any atom is 0.338 e. The third kappa shape index (κ3) is 5.24. The number of benzene rings is 4. The first-order valence-electron chi connectivity index (χ1n) is 13.6. The predicted octanol–water partition coefficient (Wildman–Crippen LogP) is 6.90. The average Bonchev–Trinajstić information content (AvgIpc) is 3.34. The number of halogens is 1. The summed E-state index contributed by atoms with van der Waals surface area (Å²) in [5.41, 5.74) is 3.70. The van der Waals surface area contributed by atoms with Gasteiger partial charge in [0.25, 0.3) is 5.56 Å². The average molecular weight is 611 g/mol. The van der Waals surface area contributed by atoms with Crippen molar-refractivity contribution in [1.82, 2.24) is 4.57 Å². The van der Waals surface area contributed by atoms with Crippen molar-refractivity contribution >= 4 is 57.5 Å². The quantitative estimate of drug-likeness (QED) is 0.149. The fourth-order valence-corrected chi connectivity index (χ4v) is 7.63. The van der Waals surface area contributed by atoms with E-state index in [0.29, 0.717) is 27.0 Å². The molecule has 1 aliphatic rings. The van der Waals surface area contributed by atoms with Crippen LogP contribution < -0.4 is 14.9 Å². The third-order valence-electron chi connectivity index (χ3n) is 7.31. The molecule has 4 aromatic carbocycles. The number of nitrogens with zero attached hydrogens (tertiary/aromatic N) is 2. The number of methoxy groups -OCH3 is 1. The van der Waals surface area contributed by atoms with Gasteiger partial charge in [-0.3, -0.25) is 9.36 Å². The van der Waals surface area contributed by atoms with Crippen LogP contribution in [-0.4, -0.2) is 17.6 Å². The van der Waals surface area contributed by atoms with E-state index in [-0.39, 0.29) is 5.56 Å². The van der Waals surface area contributed by atoms with Gasteiger partial charge in [0, 0.05) is 15.7 Å². The van der Waals surface area contributed by atoms with Crippen molar-refractivity contribution in [2.75, 3.05) is 7.11 Å². The molecule has 6 rings (SSSR count). The van der Waals surface area contributed by atoms with Crippen molar-refractivity contribution < 1.29 is 9.53 Å². The molecule has 0 spiro atoms. The van der Waals surface area contributed by atoms with E-state index < -0.39 is 12.0 Å². The molecule has 0 radical (unpaired) electrons. The van der Waals surface area contributed by atoms with Gasteiger partial charge in [0.1, 0.15) is 0 Å². The van der Waals surface area contributed by atoms with Crippen molar-refractivity contribution in [3.8, 4) is 0 Å². The Kier molecular flexibility index (Phi) is 8.16.